The summed E-state index contributed by atoms with van der Waals surface area (Å²) in [5.74, 6) is -2.23. The summed E-state index contributed by atoms with van der Waals surface area (Å²) in [7, 11) is 0. The van der Waals surface area contributed by atoms with E-state index in [0.717, 1.165) is 18.9 Å². The second kappa shape index (κ2) is 8.49. The zero-order chi connectivity index (χ0) is 24.9. The summed E-state index contributed by atoms with van der Waals surface area (Å²) in [5, 5.41) is 20.2. The highest BCUT2D eigenvalue weighted by Crippen LogP contribution is 2.38. The van der Waals surface area contributed by atoms with Gasteiger partial charge < -0.3 is 19.5 Å². The van der Waals surface area contributed by atoms with Crippen LogP contribution in [0.4, 0.5) is 15.8 Å². The number of piperazine rings is 1. The Bertz CT molecular complexity index is 1420. The molecule has 5 rings (SSSR count). The number of halogens is 1. The largest absolute Gasteiger partial charge is 0.477 e. The fourth-order valence-electron chi connectivity index (χ4n) is 4.47. The Morgan fingerprint density at radius 3 is 2.29 bits per heavy atom. The van der Waals surface area contributed by atoms with Crippen molar-refractivity contribution < 1.29 is 24.0 Å². The number of hydrogen-bond donors (Lipinski definition) is 1. The van der Waals surface area contributed by atoms with Gasteiger partial charge in [-0.15, -0.1) is 0 Å². The van der Waals surface area contributed by atoms with Crippen molar-refractivity contribution in [2.75, 3.05) is 31.1 Å². The van der Waals surface area contributed by atoms with Gasteiger partial charge in [-0.1, -0.05) is 0 Å². The number of nitro groups is 1. The summed E-state index contributed by atoms with van der Waals surface area (Å²) < 4.78 is 16.9. The van der Waals surface area contributed by atoms with Crippen molar-refractivity contribution in [2.24, 2.45) is 0 Å². The number of carboxylic acid groups (broad SMARTS) is 1. The minimum absolute atomic E-state index is 0.0324. The smallest absolute Gasteiger partial charge is 0.341 e. The monoisotopic (exact) mass is 480 g/mol. The Labute approximate surface area is 197 Å². The molecule has 2 fully saturated rings. The van der Waals surface area contributed by atoms with E-state index in [0.29, 0.717) is 37.3 Å². The van der Waals surface area contributed by atoms with Crippen LogP contribution in [0.5, 0.6) is 0 Å². The molecule has 0 unspecified atom stereocenters. The van der Waals surface area contributed by atoms with Gasteiger partial charge in [0.25, 0.3) is 11.6 Å². The molecule has 0 bridgehead atoms. The maximum absolute atomic E-state index is 15.1. The molecule has 1 amide bonds. The lowest BCUT2D eigenvalue weighted by Crippen LogP contribution is -2.49. The van der Waals surface area contributed by atoms with Crippen molar-refractivity contribution in [1.82, 2.24) is 9.47 Å². The van der Waals surface area contributed by atoms with Crippen molar-refractivity contribution >= 4 is 34.2 Å². The molecule has 11 heteroatoms. The van der Waals surface area contributed by atoms with Gasteiger partial charge in [-0.05, 0) is 37.1 Å². The van der Waals surface area contributed by atoms with E-state index in [-0.39, 0.29) is 34.3 Å². The first-order valence-electron chi connectivity index (χ1n) is 11.1. The van der Waals surface area contributed by atoms with Crippen LogP contribution < -0.4 is 10.3 Å². The number of pyridine rings is 1. The lowest BCUT2D eigenvalue weighted by atomic mass is 10.1. The van der Waals surface area contributed by atoms with Gasteiger partial charge >= 0.3 is 5.97 Å². The van der Waals surface area contributed by atoms with Gasteiger partial charge in [0.05, 0.1) is 16.1 Å². The number of nitrogens with zero attached hydrogens (tertiary/aromatic N) is 4. The molecule has 1 saturated carbocycles. The highest BCUT2D eigenvalue weighted by molar-refractivity contribution is 5.95. The van der Waals surface area contributed by atoms with Crippen LogP contribution in [0.15, 0.2) is 47.4 Å². The highest BCUT2D eigenvalue weighted by Gasteiger charge is 2.29. The Kier molecular flexibility index (Phi) is 5.46. The molecule has 2 aliphatic rings. The van der Waals surface area contributed by atoms with E-state index in [9.17, 15) is 29.6 Å². The third-order valence-corrected chi connectivity index (χ3v) is 6.50. The Balaban J connectivity index is 1.39. The van der Waals surface area contributed by atoms with Crippen LogP contribution in [0.3, 0.4) is 0 Å². The van der Waals surface area contributed by atoms with Gasteiger partial charge in [-0.2, -0.15) is 0 Å². The molecule has 1 aromatic heterocycles. The third kappa shape index (κ3) is 4.09. The first-order chi connectivity index (χ1) is 16.7. The van der Waals surface area contributed by atoms with Crippen molar-refractivity contribution in [3.8, 4) is 0 Å². The van der Waals surface area contributed by atoms with Crippen molar-refractivity contribution in [1.29, 1.82) is 0 Å². The Morgan fingerprint density at radius 2 is 1.71 bits per heavy atom. The van der Waals surface area contributed by atoms with Gasteiger partial charge in [0.15, 0.2) is 0 Å². The minimum Gasteiger partial charge on any atom is -0.477 e. The molecule has 1 N–H and O–H groups in total. The van der Waals surface area contributed by atoms with Gasteiger partial charge in [0.2, 0.25) is 5.43 Å². The van der Waals surface area contributed by atoms with Crippen LogP contribution in [-0.2, 0) is 0 Å². The van der Waals surface area contributed by atoms with Crippen molar-refractivity contribution in [2.45, 2.75) is 18.9 Å². The van der Waals surface area contributed by atoms with Crippen LogP contribution in [0.2, 0.25) is 0 Å². The summed E-state index contributed by atoms with van der Waals surface area (Å²) in [6, 6.07) is 8.16. The quantitative estimate of drug-likeness (QED) is 0.439. The van der Waals surface area contributed by atoms with Gasteiger partial charge in [0, 0.05) is 61.5 Å². The number of fused-ring (bicyclic) bond motifs is 1. The molecule has 0 spiro atoms. The standard InChI is InChI=1S/C24H21FN4O6/c25-19-11-17-20(28(15-5-6-15)13-18(22(17)30)24(32)33)12-21(19)26-7-9-27(10-8-26)23(31)14-1-3-16(4-2-14)29(34)35/h1-4,11-13,15H,5-10H2,(H,32,33). The highest BCUT2D eigenvalue weighted by atomic mass is 19.1. The summed E-state index contributed by atoms with van der Waals surface area (Å²) in [5.41, 5.74) is -0.0784. The molecule has 180 valence electrons. The van der Waals surface area contributed by atoms with Crippen LogP contribution in [0.25, 0.3) is 10.9 Å². The number of carbonyl (C=O) groups excluding carboxylic acids is 1. The lowest BCUT2D eigenvalue weighted by Gasteiger charge is -2.36. The molecule has 1 saturated heterocycles. The number of hydrogen-bond acceptors (Lipinski definition) is 6. The zero-order valence-electron chi connectivity index (χ0n) is 18.5. The number of carboxylic acids is 1. The van der Waals surface area contributed by atoms with Gasteiger partial charge in [-0.25, -0.2) is 9.18 Å². The zero-order valence-corrected chi connectivity index (χ0v) is 18.5. The molecular formula is C24H21FN4O6. The van der Waals surface area contributed by atoms with E-state index >= 15 is 4.39 Å². The topological polar surface area (TPSA) is 126 Å². The number of benzene rings is 2. The molecule has 0 radical (unpaired) electrons. The van der Waals surface area contributed by atoms with Crippen LogP contribution >= 0.6 is 0 Å². The molecule has 35 heavy (non-hydrogen) atoms. The SMILES string of the molecule is O=C(O)c1cn(C2CC2)c2cc(N3CCN(C(=O)c4ccc([N+](=O)[O-])cc4)CC3)c(F)cc2c1=O. The number of amides is 1. The number of carbonyl (C=O) groups is 2. The second-order valence-corrected chi connectivity index (χ2v) is 8.72. The molecule has 1 aliphatic heterocycles. The van der Waals surface area contributed by atoms with Crippen LogP contribution in [0, 0.1) is 15.9 Å². The molecular weight excluding hydrogens is 459 g/mol. The molecule has 2 aromatic carbocycles. The lowest BCUT2D eigenvalue weighted by molar-refractivity contribution is -0.384. The Hall–Kier alpha value is -4.28. The molecule has 1 aliphatic carbocycles. The van der Waals surface area contributed by atoms with Gasteiger partial charge in [-0.3, -0.25) is 19.7 Å². The predicted octanol–water partition coefficient (Wildman–Crippen LogP) is 3.04. The average Bonchev–Trinajstić information content (AvgIpc) is 3.69. The minimum atomic E-state index is -1.34. The van der Waals surface area contributed by atoms with E-state index in [4.69, 9.17) is 0 Å². The average molecular weight is 480 g/mol. The maximum atomic E-state index is 15.1. The van der Waals surface area contributed by atoms with E-state index in [1.54, 1.807) is 20.4 Å². The first kappa shape index (κ1) is 22.5. The maximum Gasteiger partial charge on any atom is 0.341 e. The molecule has 10 nitrogen and oxygen atoms in total. The summed E-state index contributed by atoms with van der Waals surface area (Å²) in [6.07, 6.45) is 3.05. The second-order valence-electron chi connectivity index (χ2n) is 8.72. The summed E-state index contributed by atoms with van der Waals surface area (Å²) in [4.78, 5) is 50.7. The number of non-ortho nitro benzene ring substituents is 1. The summed E-state index contributed by atoms with van der Waals surface area (Å²) in [6.45, 7) is 1.34. The van der Waals surface area contributed by atoms with E-state index in [2.05, 4.69) is 0 Å². The van der Waals surface area contributed by atoms with Crippen LogP contribution in [-0.4, -0.2) is 57.6 Å². The Morgan fingerprint density at radius 1 is 1.06 bits per heavy atom. The molecule has 2 heterocycles. The normalized spacial score (nSPS) is 15.9. The predicted molar refractivity (Wildman–Crippen MR) is 125 cm³/mol. The molecule has 3 aromatic rings. The number of anilines is 1. The van der Waals surface area contributed by atoms with Crippen molar-refractivity contribution in [3.05, 3.63) is 79.9 Å². The number of rotatable bonds is 5. The van der Waals surface area contributed by atoms with E-state index < -0.39 is 22.1 Å². The number of aromatic carboxylic acids is 1. The number of nitro benzene ring substituents is 1. The van der Waals surface area contributed by atoms with Gasteiger partial charge in [0.1, 0.15) is 11.4 Å². The van der Waals surface area contributed by atoms with Crippen LogP contribution in [0.1, 0.15) is 39.6 Å². The third-order valence-electron chi connectivity index (χ3n) is 6.50. The fourth-order valence-corrected chi connectivity index (χ4v) is 4.47. The molecule has 0 atom stereocenters. The first-order valence-corrected chi connectivity index (χ1v) is 11.1. The summed E-state index contributed by atoms with van der Waals surface area (Å²) >= 11 is 0. The van der Waals surface area contributed by atoms with E-state index in [1.165, 1.54) is 30.5 Å². The number of aromatic nitrogens is 1. The van der Waals surface area contributed by atoms with Crippen molar-refractivity contribution in [3.63, 3.8) is 0 Å². The van der Waals surface area contributed by atoms with E-state index in [1.807, 2.05) is 0 Å². The fraction of sp³-hybridized carbons (Fsp3) is 0.292.